The van der Waals surface area contributed by atoms with Crippen molar-refractivity contribution in [2.45, 2.75) is 12.5 Å². The monoisotopic (exact) mass is 179 g/mol. The minimum absolute atomic E-state index is 0.336. The molecule has 0 aliphatic heterocycles. The Kier molecular flexibility index (Phi) is 5.83. The van der Waals surface area contributed by atoms with Gasteiger partial charge in [0.15, 0.2) is 0 Å². The Bertz CT molecular complexity index is 143. The molecule has 0 rings (SSSR count). The van der Waals surface area contributed by atoms with Crippen LogP contribution < -0.4 is 5.32 Å². The van der Waals surface area contributed by atoms with Gasteiger partial charge in [0, 0.05) is 0 Å². The van der Waals surface area contributed by atoms with Crippen LogP contribution in [0.2, 0.25) is 0 Å². The summed E-state index contributed by atoms with van der Waals surface area (Å²) < 4.78 is 12.0. The van der Waals surface area contributed by atoms with E-state index in [1.54, 1.807) is 0 Å². The van der Waals surface area contributed by atoms with E-state index in [4.69, 9.17) is 0 Å². The maximum absolute atomic E-state index is 12.0. The Morgan fingerprint density at radius 3 is 2.82 bits per heavy atom. The number of hydrogen-bond donors (Lipinski definition) is 1. The van der Waals surface area contributed by atoms with Gasteiger partial charge in [-0.2, -0.15) is 16.2 Å². The van der Waals surface area contributed by atoms with Crippen molar-refractivity contribution in [3.05, 3.63) is 0 Å². The molecule has 0 aromatic carbocycles. The highest BCUT2D eigenvalue weighted by molar-refractivity contribution is 7.98. The number of rotatable bonds is 6. The molecule has 0 spiro atoms. The van der Waals surface area contributed by atoms with E-state index in [9.17, 15) is 14.0 Å². The van der Waals surface area contributed by atoms with Crippen molar-refractivity contribution in [1.82, 2.24) is 5.32 Å². The quantitative estimate of drug-likeness (QED) is 0.472. The SMILES string of the molecule is CSCC[C@H](NC=O)C(=O)F. The van der Waals surface area contributed by atoms with E-state index in [0.717, 1.165) is 0 Å². The molecule has 3 nitrogen and oxygen atoms in total. The molecule has 1 atom stereocenters. The van der Waals surface area contributed by atoms with Gasteiger partial charge in [-0.15, -0.1) is 0 Å². The lowest BCUT2D eigenvalue weighted by atomic mass is 10.2. The zero-order valence-corrected chi connectivity index (χ0v) is 6.99. The molecule has 1 amide bonds. The summed E-state index contributed by atoms with van der Waals surface area (Å²) in [5.74, 6) is 0.654. The summed E-state index contributed by atoms with van der Waals surface area (Å²) in [6, 6.07) is -2.44. The van der Waals surface area contributed by atoms with E-state index in [0.29, 0.717) is 18.6 Å². The maximum atomic E-state index is 12.0. The minimum atomic E-state index is -1.48. The minimum Gasteiger partial charge on any atom is -0.346 e. The van der Waals surface area contributed by atoms with Gasteiger partial charge in [0.1, 0.15) is 6.04 Å². The third kappa shape index (κ3) is 4.78. The van der Waals surface area contributed by atoms with Crippen LogP contribution in [0.3, 0.4) is 0 Å². The van der Waals surface area contributed by atoms with E-state index < -0.39 is 12.1 Å². The highest BCUT2D eigenvalue weighted by atomic mass is 32.2. The fourth-order valence-corrected chi connectivity index (χ4v) is 1.05. The fraction of sp³-hybridized carbons (Fsp3) is 0.667. The van der Waals surface area contributed by atoms with Gasteiger partial charge in [-0.3, -0.25) is 9.59 Å². The molecule has 11 heavy (non-hydrogen) atoms. The molecule has 0 radical (unpaired) electrons. The fourth-order valence-electron chi connectivity index (χ4n) is 0.580. The molecule has 0 heterocycles. The Morgan fingerprint density at radius 1 is 1.82 bits per heavy atom. The van der Waals surface area contributed by atoms with Crippen molar-refractivity contribution >= 4 is 24.2 Å². The smallest absolute Gasteiger partial charge is 0.323 e. The highest BCUT2D eigenvalue weighted by Crippen LogP contribution is 2.01. The van der Waals surface area contributed by atoms with E-state index in [-0.39, 0.29) is 0 Å². The van der Waals surface area contributed by atoms with E-state index in [1.165, 1.54) is 11.8 Å². The van der Waals surface area contributed by atoms with Crippen LogP contribution in [0.25, 0.3) is 0 Å². The van der Waals surface area contributed by atoms with Crippen molar-refractivity contribution in [2.75, 3.05) is 12.0 Å². The number of hydrogen-bond acceptors (Lipinski definition) is 3. The van der Waals surface area contributed by atoms with Crippen molar-refractivity contribution in [1.29, 1.82) is 0 Å². The lowest BCUT2D eigenvalue weighted by Gasteiger charge is -2.07. The molecule has 5 heteroatoms. The van der Waals surface area contributed by atoms with Gasteiger partial charge in [-0.05, 0) is 18.4 Å². The number of halogens is 1. The molecule has 0 bridgehead atoms. The van der Waals surface area contributed by atoms with Gasteiger partial charge >= 0.3 is 6.04 Å². The van der Waals surface area contributed by atoms with Crippen LogP contribution >= 0.6 is 11.8 Å². The van der Waals surface area contributed by atoms with Crippen LogP contribution in [0.5, 0.6) is 0 Å². The highest BCUT2D eigenvalue weighted by Gasteiger charge is 2.15. The zero-order chi connectivity index (χ0) is 8.69. The molecule has 0 saturated heterocycles. The first-order valence-corrected chi connectivity index (χ1v) is 4.49. The van der Waals surface area contributed by atoms with Gasteiger partial charge in [0.05, 0.1) is 0 Å². The second-order valence-corrected chi connectivity index (χ2v) is 2.91. The lowest BCUT2D eigenvalue weighted by Crippen LogP contribution is -2.34. The summed E-state index contributed by atoms with van der Waals surface area (Å²) in [6.07, 6.45) is 2.53. The second kappa shape index (κ2) is 6.15. The van der Waals surface area contributed by atoms with Crippen molar-refractivity contribution in [3.8, 4) is 0 Å². The number of amides is 1. The molecule has 0 aromatic rings. The van der Waals surface area contributed by atoms with Gasteiger partial charge in [0.2, 0.25) is 6.41 Å². The van der Waals surface area contributed by atoms with Crippen LogP contribution in [0.15, 0.2) is 0 Å². The van der Waals surface area contributed by atoms with Crippen LogP contribution in [0.1, 0.15) is 6.42 Å². The van der Waals surface area contributed by atoms with Gasteiger partial charge < -0.3 is 5.32 Å². The Hall–Kier alpha value is -0.580. The summed E-state index contributed by atoms with van der Waals surface area (Å²) in [5.41, 5.74) is 0. The third-order valence-electron chi connectivity index (χ3n) is 1.15. The average molecular weight is 179 g/mol. The molecule has 64 valence electrons. The Labute approximate surface area is 68.7 Å². The summed E-state index contributed by atoms with van der Waals surface area (Å²) in [5, 5.41) is 2.10. The molecule has 0 saturated carbocycles. The lowest BCUT2D eigenvalue weighted by molar-refractivity contribution is -0.133. The summed E-state index contributed by atoms with van der Waals surface area (Å²) >= 11 is 1.50. The summed E-state index contributed by atoms with van der Waals surface area (Å²) in [4.78, 5) is 20.0. The van der Waals surface area contributed by atoms with Crippen molar-refractivity contribution in [3.63, 3.8) is 0 Å². The standard InChI is InChI=1S/C6H10FNO2S/c1-11-3-2-5(6(7)10)8-4-9/h4-5H,2-3H2,1H3,(H,8,9)/t5-/m0/s1. The van der Waals surface area contributed by atoms with Crippen LogP contribution in [0.4, 0.5) is 4.39 Å². The van der Waals surface area contributed by atoms with Crippen LogP contribution in [-0.4, -0.2) is 30.5 Å². The third-order valence-corrected chi connectivity index (χ3v) is 1.80. The van der Waals surface area contributed by atoms with Gasteiger partial charge in [-0.1, -0.05) is 0 Å². The van der Waals surface area contributed by atoms with Crippen LogP contribution in [0, 0.1) is 0 Å². The average Bonchev–Trinajstić information content (AvgIpc) is 1.97. The van der Waals surface area contributed by atoms with Crippen molar-refractivity contribution < 1.29 is 14.0 Å². The Morgan fingerprint density at radius 2 is 2.45 bits per heavy atom. The molecule has 0 unspecified atom stereocenters. The van der Waals surface area contributed by atoms with Crippen molar-refractivity contribution in [2.24, 2.45) is 0 Å². The molecular formula is C6H10FNO2S. The normalized spacial score (nSPS) is 12.2. The molecule has 0 aromatic heterocycles. The van der Waals surface area contributed by atoms with E-state index >= 15 is 0 Å². The number of nitrogens with one attached hydrogen (secondary N) is 1. The largest absolute Gasteiger partial charge is 0.346 e. The predicted octanol–water partition coefficient (Wildman–Crippen LogP) is 0.350. The summed E-state index contributed by atoms with van der Waals surface area (Å²) in [7, 11) is 0. The Balaban J connectivity index is 3.69. The van der Waals surface area contributed by atoms with E-state index in [1.807, 2.05) is 6.26 Å². The predicted molar refractivity (Wildman–Crippen MR) is 42.1 cm³/mol. The second-order valence-electron chi connectivity index (χ2n) is 1.92. The molecule has 0 aliphatic rings. The van der Waals surface area contributed by atoms with Gasteiger partial charge in [0.25, 0.3) is 0 Å². The number of thioether (sulfide) groups is 1. The van der Waals surface area contributed by atoms with Gasteiger partial charge in [-0.25, -0.2) is 0 Å². The summed E-state index contributed by atoms with van der Waals surface area (Å²) in [6.45, 7) is 0. The first-order chi connectivity index (χ1) is 5.22. The van der Waals surface area contributed by atoms with E-state index in [2.05, 4.69) is 5.32 Å². The maximum Gasteiger partial charge on any atom is 0.323 e. The molecular weight excluding hydrogens is 169 g/mol. The zero-order valence-electron chi connectivity index (χ0n) is 6.17. The topological polar surface area (TPSA) is 46.2 Å². The molecule has 1 N–H and O–H groups in total. The molecule has 0 fully saturated rings. The molecule has 0 aliphatic carbocycles. The number of carbonyl (C=O) groups is 2. The van der Waals surface area contributed by atoms with Crippen LogP contribution in [-0.2, 0) is 9.59 Å². The first kappa shape index (κ1) is 10.4. The first-order valence-electron chi connectivity index (χ1n) is 3.10. The number of carbonyl (C=O) groups excluding carboxylic acids is 2.